The van der Waals surface area contributed by atoms with E-state index in [1.165, 1.54) is 16.3 Å². The van der Waals surface area contributed by atoms with Gasteiger partial charge in [0.2, 0.25) is 17.7 Å². The topological polar surface area (TPSA) is 127 Å². The van der Waals surface area contributed by atoms with Gasteiger partial charge in [-0.25, -0.2) is 0 Å². The van der Waals surface area contributed by atoms with Gasteiger partial charge in [0.15, 0.2) is 0 Å². The van der Waals surface area contributed by atoms with E-state index in [1.807, 2.05) is 20.1 Å². The van der Waals surface area contributed by atoms with Crippen LogP contribution in [-0.4, -0.2) is 102 Å². The van der Waals surface area contributed by atoms with Gasteiger partial charge in [0.05, 0.1) is 37.2 Å². The first-order chi connectivity index (χ1) is 15.5. The van der Waals surface area contributed by atoms with Crippen molar-refractivity contribution in [1.82, 2.24) is 18.8 Å². The Morgan fingerprint density at radius 1 is 1.27 bits per heavy atom. The minimum atomic E-state index is -4.03. The van der Waals surface area contributed by atoms with Crippen molar-refractivity contribution >= 4 is 39.7 Å². The summed E-state index contributed by atoms with van der Waals surface area (Å²) in [7, 11) is -2.70. The van der Waals surface area contributed by atoms with Crippen molar-refractivity contribution in [1.29, 1.82) is 0 Å². The zero-order valence-corrected chi connectivity index (χ0v) is 21.6. The summed E-state index contributed by atoms with van der Waals surface area (Å²) in [5.74, 6) is -0.603. The van der Waals surface area contributed by atoms with E-state index in [9.17, 15) is 27.9 Å². The zero-order valence-electron chi connectivity index (χ0n) is 19.9. The molecular formula is C21H36N4O6S2. The molecule has 0 aromatic rings. The molecule has 3 rings (SSSR count). The van der Waals surface area contributed by atoms with Gasteiger partial charge in [-0.3, -0.25) is 19.3 Å². The monoisotopic (exact) mass is 504 g/mol. The molecule has 3 aliphatic rings. The number of carbonyl (C=O) groups is 3. The van der Waals surface area contributed by atoms with Crippen molar-refractivity contribution in [3.05, 3.63) is 0 Å². The maximum Gasteiger partial charge on any atom is 0.282 e. The van der Waals surface area contributed by atoms with E-state index in [0.29, 0.717) is 12.8 Å². The SMILES string of the molecule is CSCC[C@@H](CO)NC(=O)CN(C)S(=O)(=O)N1CC[C@H]2[C@H]1[C@H](C)C(=O)N2C(=O)C1[C@@H](C)[C@H]1C. The standard InChI is InChI=1S/C21H36N4O6S2/c1-12-13(2)18(12)21(29)25-16-6-8-24(19(16)14(3)20(25)28)33(30,31)23(4)10-17(27)22-15(11-26)7-9-32-5/h12-16,18-19,26H,6-11H2,1-5H3,(H,22,27)/t12-,13+,14-,15-,16-,18?,19+/m0/s1. The third kappa shape index (κ3) is 4.95. The molecule has 3 fully saturated rings. The second-order valence-corrected chi connectivity index (χ2v) is 12.5. The van der Waals surface area contributed by atoms with Crippen molar-refractivity contribution in [3.8, 4) is 0 Å². The lowest BCUT2D eigenvalue weighted by molar-refractivity contribution is -0.146. The molecule has 0 aromatic heterocycles. The molecule has 2 saturated heterocycles. The number of aliphatic hydroxyl groups is 1. The maximum absolute atomic E-state index is 13.3. The maximum atomic E-state index is 13.3. The first kappa shape index (κ1) is 26.4. The Labute approximate surface area is 200 Å². The molecule has 12 heteroatoms. The highest BCUT2D eigenvalue weighted by Crippen LogP contribution is 2.49. The lowest BCUT2D eigenvalue weighted by atomic mass is 10.0. The Kier molecular flexibility index (Phi) is 8.15. The number of likely N-dealkylation sites (N-methyl/N-ethyl adjacent to an activating group) is 1. The molecule has 1 aliphatic carbocycles. The lowest BCUT2D eigenvalue weighted by Gasteiger charge is -2.29. The highest BCUT2D eigenvalue weighted by Gasteiger charge is 2.60. The molecule has 1 saturated carbocycles. The number of aliphatic hydroxyl groups excluding tert-OH is 1. The molecule has 188 valence electrons. The summed E-state index contributed by atoms with van der Waals surface area (Å²) in [4.78, 5) is 39.7. The Hall–Kier alpha value is -1.21. The summed E-state index contributed by atoms with van der Waals surface area (Å²) < 4.78 is 28.9. The third-order valence-corrected chi connectivity index (χ3v) is 10.1. The number of hydrogen-bond donors (Lipinski definition) is 2. The average molecular weight is 505 g/mol. The molecule has 0 spiro atoms. The Bertz CT molecular complexity index is 876. The molecule has 0 radical (unpaired) electrons. The zero-order chi connectivity index (χ0) is 24.7. The van der Waals surface area contributed by atoms with Gasteiger partial charge in [-0.1, -0.05) is 20.8 Å². The number of carbonyl (C=O) groups excluding carboxylic acids is 3. The summed E-state index contributed by atoms with van der Waals surface area (Å²) >= 11 is 1.59. The highest BCUT2D eigenvalue weighted by atomic mass is 32.2. The van der Waals surface area contributed by atoms with E-state index in [-0.39, 0.29) is 42.7 Å². The molecule has 2 heterocycles. The quantitative estimate of drug-likeness (QED) is 0.393. The van der Waals surface area contributed by atoms with E-state index < -0.39 is 46.7 Å². The Morgan fingerprint density at radius 2 is 1.91 bits per heavy atom. The van der Waals surface area contributed by atoms with Gasteiger partial charge in [0.1, 0.15) is 0 Å². The molecule has 0 bridgehead atoms. The number of nitrogens with zero attached hydrogens (tertiary/aromatic N) is 3. The van der Waals surface area contributed by atoms with Crippen LogP contribution in [0.15, 0.2) is 0 Å². The Balaban J connectivity index is 1.68. The fraction of sp³-hybridized carbons (Fsp3) is 0.857. The molecule has 10 nitrogen and oxygen atoms in total. The van der Waals surface area contributed by atoms with Crippen LogP contribution >= 0.6 is 11.8 Å². The number of rotatable bonds is 10. The third-order valence-electron chi connectivity index (χ3n) is 7.50. The summed E-state index contributed by atoms with van der Waals surface area (Å²) in [6.07, 6.45) is 2.90. The van der Waals surface area contributed by atoms with Crippen molar-refractivity contribution in [2.24, 2.45) is 23.7 Å². The van der Waals surface area contributed by atoms with Gasteiger partial charge in [-0.15, -0.1) is 0 Å². The smallest absolute Gasteiger partial charge is 0.282 e. The number of imide groups is 1. The van der Waals surface area contributed by atoms with E-state index in [1.54, 1.807) is 18.7 Å². The molecule has 3 amide bonds. The van der Waals surface area contributed by atoms with Crippen LogP contribution in [0.3, 0.4) is 0 Å². The van der Waals surface area contributed by atoms with Crippen LogP contribution in [0, 0.1) is 23.7 Å². The summed E-state index contributed by atoms with van der Waals surface area (Å²) in [6, 6.07) is -1.54. The fourth-order valence-corrected chi connectivity index (χ4v) is 7.31. The molecule has 2 N–H and O–H groups in total. The molecule has 33 heavy (non-hydrogen) atoms. The van der Waals surface area contributed by atoms with E-state index in [2.05, 4.69) is 5.32 Å². The van der Waals surface area contributed by atoms with Crippen LogP contribution in [-0.2, 0) is 24.6 Å². The van der Waals surface area contributed by atoms with Crippen molar-refractivity contribution in [2.75, 3.05) is 38.8 Å². The van der Waals surface area contributed by atoms with E-state index in [4.69, 9.17) is 0 Å². The minimum absolute atomic E-state index is 0.178. The van der Waals surface area contributed by atoms with Crippen molar-refractivity contribution < 1.29 is 27.9 Å². The largest absolute Gasteiger partial charge is 0.394 e. The van der Waals surface area contributed by atoms with Gasteiger partial charge >= 0.3 is 0 Å². The van der Waals surface area contributed by atoms with Crippen LogP contribution in [0.4, 0.5) is 0 Å². The second kappa shape index (κ2) is 10.2. The normalized spacial score (nSPS) is 32.8. The second-order valence-electron chi connectivity index (χ2n) is 9.53. The number of hydrogen-bond acceptors (Lipinski definition) is 7. The summed E-state index contributed by atoms with van der Waals surface area (Å²) in [5.41, 5.74) is 0. The summed E-state index contributed by atoms with van der Waals surface area (Å²) in [5, 5.41) is 12.1. The first-order valence-electron chi connectivity index (χ1n) is 11.5. The lowest BCUT2D eigenvalue weighted by Crippen LogP contribution is -2.51. The van der Waals surface area contributed by atoms with Crippen LogP contribution in [0.25, 0.3) is 0 Å². The Morgan fingerprint density at radius 3 is 2.45 bits per heavy atom. The van der Waals surface area contributed by atoms with Gasteiger partial charge in [-0.2, -0.15) is 28.8 Å². The van der Waals surface area contributed by atoms with Crippen LogP contribution in [0.1, 0.15) is 33.6 Å². The predicted octanol–water partition coefficient (Wildman–Crippen LogP) is -0.257. The highest BCUT2D eigenvalue weighted by molar-refractivity contribution is 7.98. The predicted molar refractivity (Wildman–Crippen MR) is 125 cm³/mol. The molecule has 7 atom stereocenters. The number of likely N-dealkylation sites (tertiary alicyclic amines) is 1. The molecule has 1 unspecified atom stereocenters. The first-order valence-corrected chi connectivity index (χ1v) is 14.3. The van der Waals surface area contributed by atoms with Gasteiger partial charge in [0, 0.05) is 19.5 Å². The summed E-state index contributed by atoms with van der Waals surface area (Å²) in [6.45, 7) is 5.22. The van der Waals surface area contributed by atoms with Crippen LogP contribution in [0.5, 0.6) is 0 Å². The van der Waals surface area contributed by atoms with Crippen LogP contribution < -0.4 is 5.32 Å². The number of nitrogens with one attached hydrogen (secondary N) is 1. The van der Waals surface area contributed by atoms with Crippen LogP contribution in [0.2, 0.25) is 0 Å². The number of fused-ring (bicyclic) bond motifs is 1. The fourth-order valence-electron chi connectivity index (χ4n) is 5.18. The number of amides is 3. The average Bonchev–Trinajstić information content (AvgIpc) is 3.08. The minimum Gasteiger partial charge on any atom is -0.394 e. The van der Waals surface area contributed by atoms with Crippen molar-refractivity contribution in [3.63, 3.8) is 0 Å². The van der Waals surface area contributed by atoms with Crippen molar-refractivity contribution in [2.45, 2.75) is 51.7 Å². The number of thioether (sulfide) groups is 1. The van der Waals surface area contributed by atoms with E-state index >= 15 is 0 Å². The molecular weight excluding hydrogens is 468 g/mol. The van der Waals surface area contributed by atoms with Gasteiger partial charge in [0.25, 0.3) is 10.2 Å². The van der Waals surface area contributed by atoms with Gasteiger partial charge < -0.3 is 10.4 Å². The van der Waals surface area contributed by atoms with E-state index in [0.717, 1.165) is 10.1 Å². The molecule has 0 aromatic carbocycles. The van der Waals surface area contributed by atoms with Gasteiger partial charge in [-0.05, 0) is 36.7 Å². The molecule has 2 aliphatic heterocycles.